The minimum Gasteiger partial charge on any atom is -0.497 e. The van der Waals surface area contributed by atoms with E-state index in [4.69, 9.17) is 42.6 Å². The smallest absolute Gasteiger partial charge is 0.413 e. The van der Waals surface area contributed by atoms with Crippen LogP contribution < -0.4 is 9.47 Å². The molecule has 62 heavy (non-hydrogen) atoms. The quantitative estimate of drug-likeness (QED) is 0.141. The zero-order valence-electron chi connectivity index (χ0n) is 39.1. The third-order valence-electron chi connectivity index (χ3n) is 15.0. The summed E-state index contributed by atoms with van der Waals surface area (Å²) in [7, 11) is 3.07. The number of fused-ring (bicyclic) bond motifs is 3. The van der Waals surface area contributed by atoms with Crippen LogP contribution in [0.4, 0.5) is 4.79 Å². The standard InChI is InChI=1S/C48H69NO13/c1-16-36-58-34-21-35-48(23-56-35,61-28(7)50)39-27(6)47(45(11,12)53)22-33(25(4)37(47)26(5)40(59-36)46(34,39)13)57-42(51)38-31(19-24(2)3)49(43(52)62-44(8,9)10)41(60-38)30-18-17-29(54-14)20-32(30)55-15/h16-18,20,24,26-27,31,33-36,38-41,53H,1,19,21-23H2,2-15H3/t26-,27-,31?,33-,34-,35+,36?,38+,39-,40-,41?,46+,47+,48-/m0/s1. The summed E-state index contributed by atoms with van der Waals surface area (Å²) in [6.45, 7) is 27.0. The predicted octanol–water partition coefficient (Wildman–Crippen LogP) is 7.45. The molecule has 14 atom stereocenters. The normalized spacial score (nSPS) is 38.8. The molecule has 14 nitrogen and oxygen atoms in total. The van der Waals surface area contributed by atoms with Crippen molar-refractivity contribution in [3.8, 4) is 11.5 Å². The Labute approximate surface area is 366 Å². The van der Waals surface area contributed by atoms with Gasteiger partial charge < -0.3 is 47.7 Å². The Kier molecular flexibility index (Phi) is 12.0. The van der Waals surface area contributed by atoms with Crippen molar-refractivity contribution in [3.05, 3.63) is 47.6 Å². The van der Waals surface area contributed by atoms with Gasteiger partial charge in [-0.2, -0.15) is 0 Å². The van der Waals surface area contributed by atoms with Gasteiger partial charge in [0, 0.05) is 54.1 Å². The van der Waals surface area contributed by atoms with E-state index in [2.05, 4.69) is 27.4 Å². The van der Waals surface area contributed by atoms with Crippen molar-refractivity contribution in [1.29, 1.82) is 0 Å². The summed E-state index contributed by atoms with van der Waals surface area (Å²) >= 11 is 0. The van der Waals surface area contributed by atoms with E-state index in [0.717, 1.165) is 11.1 Å². The molecule has 1 aromatic carbocycles. The SMILES string of the molecule is C=CC1O[C@H]2C[C@H]3OC[C@@]3(OC(C)=O)[C@H]3[C@H](C)[C@]4(C(C)(C)O)C[C@H](OC(=O)[C@@H]5OC(c6ccc(OC)cc6OC)N(C(=O)OC(C)(C)C)C5CC(C)C)C(C)=C4[C@H](C)[C@H](O1)[C@]23C. The van der Waals surface area contributed by atoms with E-state index >= 15 is 4.79 Å². The first kappa shape index (κ1) is 46.3. The van der Waals surface area contributed by atoms with Crippen LogP contribution in [0.2, 0.25) is 0 Å². The van der Waals surface area contributed by atoms with Crippen LogP contribution in [0.5, 0.6) is 11.5 Å². The number of aliphatic hydroxyl groups is 1. The largest absolute Gasteiger partial charge is 0.497 e. The Morgan fingerprint density at radius 1 is 1.05 bits per heavy atom. The second kappa shape index (κ2) is 16.1. The van der Waals surface area contributed by atoms with Crippen molar-refractivity contribution in [1.82, 2.24) is 4.90 Å². The first-order chi connectivity index (χ1) is 28.9. The molecule has 14 heteroatoms. The second-order valence-electron chi connectivity index (χ2n) is 20.6. The number of rotatable bonds is 10. The van der Waals surface area contributed by atoms with Gasteiger partial charge in [0.2, 0.25) is 0 Å². The molecule has 6 aliphatic rings. The molecular weight excluding hydrogens is 799 g/mol. The van der Waals surface area contributed by atoms with E-state index in [1.54, 1.807) is 52.2 Å². The van der Waals surface area contributed by atoms with Gasteiger partial charge in [-0.1, -0.05) is 46.8 Å². The summed E-state index contributed by atoms with van der Waals surface area (Å²) in [6, 6.07) is 4.43. The highest BCUT2D eigenvalue weighted by atomic mass is 16.7. The van der Waals surface area contributed by atoms with Crippen molar-refractivity contribution in [2.24, 2.45) is 34.5 Å². The highest BCUT2D eigenvalue weighted by molar-refractivity contribution is 5.79. The Balaban J connectivity index is 1.32. The Bertz CT molecular complexity index is 1970. The number of benzene rings is 1. The molecule has 0 aromatic heterocycles. The molecule has 3 heterocycles. The number of methoxy groups -OCH3 is 2. The van der Waals surface area contributed by atoms with Crippen molar-refractivity contribution in [2.75, 3.05) is 20.8 Å². The first-order valence-electron chi connectivity index (χ1n) is 22.2. The van der Waals surface area contributed by atoms with E-state index < -0.39 is 94.6 Å². The molecule has 3 aliphatic carbocycles. The third-order valence-corrected chi connectivity index (χ3v) is 15.0. The molecule has 1 amide bonds. The molecule has 3 unspecified atom stereocenters. The number of ether oxygens (including phenoxy) is 9. The molecule has 0 spiro atoms. The highest BCUT2D eigenvalue weighted by Crippen LogP contribution is 2.72. The van der Waals surface area contributed by atoms with Crippen molar-refractivity contribution in [2.45, 2.75) is 168 Å². The lowest BCUT2D eigenvalue weighted by Gasteiger charge is -2.68. The fraction of sp³-hybridized carbons (Fsp3) is 0.729. The number of carbonyl (C=O) groups excluding carboxylic acids is 3. The van der Waals surface area contributed by atoms with E-state index in [1.807, 2.05) is 34.6 Å². The van der Waals surface area contributed by atoms with Gasteiger partial charge in [-0.15, -0.1) is 0 Å². The molecule has 3 aliphatic heterocycles. The number of hydrogen-bond donors (Lipinski definition) is 1. The topological polar surface area (TPSA) is 158 Å². The maximum Gasteiger partial charge on any atom is 0.413 e. The Morgan fingerprint density at radius 3 is 2.29 bits per heavy atom. The second-order valence-corrected chi connectivity index (χ2v) is 20.6. The number of amides is 1. The fourth-order valence-corrected chi connectivity index (χ4v) is 12.8. The molecule has 0 radical (unpaired) electrons. The summed E-state index contributed by atoms with van der Waals surface area (Å²) in [5, 5.41) is 12.7. The summed E-state index contributed by atoms with van der Waals surface area (Å²) in [5.41, 5.74) is -2.68. The minimum atomic E-state index is -1.38. The van der Waals surface area contributed by atoms with Crippen LogP contribution in [0.3, 0.4) is 0 Å². The van der Waals surface area contributed by atoms with Gasteiger partial charge in [0.15, 0.2) is 24.2 Å². The first-order valence-corrected chi connectivity index (χ1v) is 22.2. The molecule has 3 saturated heterocycles. The highest BCUT2D eigenvalue weighted by Gasteiger charge is 2.78. The van der Waals surface area contributed by atoms with Crippen LogP contribution in [0, 0.1) is 34.5 Å². The zero-order valence-corrected chi connectivity index (χ0v) is 39.1. The average molecular weight is 868 g/mol. The monoisotopic (exact) mass is 867 g/mol. The van der Waals surface area contributed by atoms with Gasteiger partial charge in [0.25, 0.3) is 0 Å². The summed E-state index contributed by atoms with van der Waals surface area (Å²) in [4.78, 5) is 43.8. The molecular formula is C48H69NO13. The Hall–Kier alpha value is -3.69. The maximum absolute atomic E-state index is 15.0. The summed E-state index contributed by atoms with van der Waals surface area (Å²) in [6.07, 6.45) is -2.87. The van der Waals surface area contributed by atoms with Crippen LogP contribution in [0.1, 0.15) is 114 Å². The van der Waals surface area contributed by atoms with E-state index in [1.165, 1.54) is 18.9 Å². The summed E-state index contributed by atoms with van der Waals surface area (Å²) in [5.74, 6) is -1.16. The van der Waals surface area contributed by atoms with Gasteiger partial charge in [0.05, 0.1) is 44.7 Å². The maximum atomic E-state index is 15.0. The van der Waals surface area contributed by atoms with Crippen molar-refractivity contribution in [3.63, 3.8) is 0 Å². The van der Waals surface area contributed by atoms with Crippen molar-refractivity contribution >= 4 is 18.0 Å². The number of hydrogen-bond acceptors (Lipinski definition) is 13. The van der Waals surface area contributed by atoms with Crippen LogP contribution >= 0.6 is 0 Å². The lowest BCUT2D eigenvalue weighted by Crippen LogP contribution is -2.78. The zero-order chi connectivity index (χ0) is 45.6. The number of esters is 2. The van der Waals surface area contributed by atoms with E-state index in [9.17, 15) is 14.7 Å². The summed E-state index contributed by atoms with van der Waals surface area (Å²) < 4.78 is 56.7. The molecule has 5 fully saturated rings. The van der Waals surface area contributed by atoms with Crippen LogP contribution in [-0.4, -0.2) is 109 Å². The van der Waals surface area contributed by atoms with Gasteiger partial charge in [0.1, 0.15) is 29.3 Å². The molecule has 7 rings (SSSR count). The van der Waals surface area contributed by atoms with Gasteiger partial charge in [-0.3, -0.25) is 9.69 Å². The van der Waals surface area contributed by atoms with E-state index in [0.29, 0.717) is 29.9 Å². The van der Waals surface area contributed by atoms with Crippen LogP contribution in [-0.2, 0) is 42.7 Å². The van der Waals surface area contributed by atoms with Crippen molar-refractivity contribution < 1.29 is 62.1 Å². The average Bonchev–Trinajstić information content (AvgIpc) is 3.67. The molecule has 344 valence electrons. The lowest BCUT2D eigenvalue weighted by atomic mass is 9.47. The molecule has 2 saturated carbocycles. The van der Waals surface area contributed by atoms with E-state index in [-0.39, 0.29) is 36.9 Å². The number of carbonyl (C=O) groups is 3. The Morgan fingerprint density at radius 2 is 1.74 bits per heavy atom. The lowest BCUT2D eigenvalue weighted by molar-refractivity contribution is -0.387. The van der Waals surface area contributed by atoms with Crippen LogP contribution in [0.25, 0.3) is 0 Å². The molecule has 1 aromatic rings. The van der Waals surface area contributed by atoms with Gasteiger partial charge >= 0.3 is 18.0 Å². The number of nitrogens with zero attached hydrogens (tertiary/aromatic N) is 1. The van der Waals surface area contributed by atoms with Gasteiger partial charge in [-0.05, 0) is 83.6 Å². The fourth-order valence-electron chi connectivity index (χ4n) is 12.8. The predicted molar refractivity (Wildman–Crippen MR) is 227 cm³/mol. The molecule has 1 N–H and O–H groups in total. The van der Waals surface area contributed by atoms with Gasteiger partial charge in [-0.25, -0.2) is 9.59 Å². The van der Waals surface area contributed by atoms with Crippen LogP contribution in [0.15, 0.2) is 42.0 Å². The molecule has 0 bridgehead atoms. The minimum absolute atomic E-state index is 0.0406. The third kappa shape index (κ3) is 7.14.